The lowest BCUT2D eigenvalue weighted by molar-refractivity contribution is 0.0948. The van der Waals surface area contributed by atoms with Crippen LogP contribution in [0.3, 0.4) is 0 Å². The Bertz CT molecular complexity index is 1060. The van der Waals surface area contributed by atoms with E-state index in [1.54, 1.807) is 6.07 Å². The highest BCUT2D eigenvalue weighted by atomic mass is 19.1. The quantitative estimate of drug-likeness (QED) is 0.621. The molecule has 0 atom stereocenters. The van der Waals surface area contributed by atoms with E-state index in [0.717, 1.165) is 0 Å². The van der Waals surface area contributed by atoms with Crippen LogP contribution in [0.15, 0.2) is 43.0 Å². The van der Waals surface area contributed by atoms with Crippen molar-refractivity contribution in [3.05, 3.63) is 60.2 Å². The number of methoxy groups -OCH3 is 2. The molecule has 0 radical (unpaired) electrons. The number of hydrogen-bond donors (Lipinski definition) is 1. The van der Waals surface area contributed by atoms with Crippen molar-refractivity contribution in [3.8, 4) is 22.9 Å². The minimum absolute atomic E-state index is 0.0598. The first-order valence-electron chi connectivity index (χ1n) is 9.69. The highest BCUT2D eigenvalue weighted by Crippen LogP contribution is 2.18. The molecule has 0 unspecified atom stereocenters. The van der Waals surface area contributed by atoms with Crippen molar-refractivity contribution in [3.63, 3.8) is 0 Å². The van der Waals surface area contributed by atoms with Crippen molar-refractivity contribution in [2.45, 2.75) is 6.42 Å². The average Bonchev–Trinajstić information content (AvgIpc) is 2.74. The molecule has 8 nitrogen and oxygen atoms in total. The minimum Gasteiger partial charge on any atom is -0.495 e. The third-order valence-corrected chi connectivity index (χ3v) is 3.81. The average molecular weight is 386 g/mol. The molecule has 0 bridgehead atoms. The first kappa shape index (κ1) is 15.4. The lowest BCUT2D eigenvalue weighted by Gasteiger charge is -2.08. The van der Waals surface area contributed by atoms with E-state index >= 15 is 0 Å². The van der Waals surface area contributed by atoms with Crippen LogP contribution in [-0.4, -0.2) is 46.5 Å². The van der Waals surface area contributed by atoms with E-state index in [1.807, 2.05) is 0 Å². The smallest absolute Gasteiger partial charge is 0.271 e. The Hall–Kier alpha value is -3.62. The lowest BCUT2D eigenvalue weighted by atomic mass is 10.2. The van der Waals surface area contributed by atoms with Crippen molar-refractivity contribution in [2.24, 2.45) is 0 Å². The summed E-state index contributed by atoms with van der Waals surface area (Å²) >= 11 is 0. The number of pyridine rings is 2. The van der Waals surface area contributed by atoms with Crippen LogP contribution in [0, 0.1) is 5.95 Å². The first-order chi connectivity index (χ1) is 14.7. The number of carbonyl (C=O) groups is 1. The van der Waals surface area contributed by atoms with Crippen LogP contribution in [0.5, 0.6) is 11.6 Å². The van der Waals surface area contributed by atoms with E-state index in [9.17, 15) is 9.18 Å². The molecule has 0 aliphatic heterocycles. The van der Waals surface area contributed by atoms with E-state index in [1.165, 1.54) is 44.0 Å². The second-order valence-corrected chi connectivity index (χ2v) is 5.61. The molecule has 28 heavy (non-hydrogen) atoms. The molecule has 3 aromatic rings. The van der Waals surface area contributed by atoms with Gasteiger partial charge < -0.3 is 14.8 Å². The predicted molar refractivity (Wildman–Crippen MR) is 98.6 cm³/mol. The number of amides is 1. The van der Waals surface area contributed by atoms with E-state index < -0.39 is 18.9 Å². The van der Waals surface area contributed by atoms with Gasteiger partial charge in [-0.1, -0.05) is 0 Å². The summed E-state index contributed by atoms with van der Waals surface area (Å²) in [4.78, 5) is 28.2. The summed E-state index contributed by atoms with van der Waals surface area (Å²) in [5.41, 5.74) is 1.25. The molecule has 0 fully saturated rings. The highest BCUT2D eigenvalue weighted by Gasteiger charge is 2.11. The molecule has 0 spiro atoms. The lowest BCUT2D eigenvalue weighted by Crippen LogP contribution is -2.27. The second kappa shape index (κ2) is 8.85. The molecular weight excluding hydrogens is 365 g/mol. The zero-order valence-corrected chi connectivity index (χ0v) is 14.8. The number of aromatic nitrogens is 4. The fourth-order valence-corrected chi connectivity index (χ4v) is 2.37. The summed E-state index contributed by atoms with van der Waals surface area (Å²) in [6.07, 6.45) is 5.59. The Labute approximate surface area is 165 Å². The molecule has 0 aromatic carbocycles. The van der Waals surface area contributed by atoms with Gasteiger partial charge >= 0.3 is 0 Å². The summed E-state index contributed by atoms with van der Waals surface area (Å²) in [7, 11) is -1.15. The Morgan fingerprint density at radius 2 is 2.11 bits per heavy atom. The maximum Gasteiger partial charge on any atom is 0.271 e. The van der Waals surface area contributed by atoms with Gasteiger partial charge in [0.15, 0.2) is 0 Å². The molecule has 3 rings (SSSR count). The van der Waals surface area contributed by atoms with Crippen molar-refractivity contribution in [2.75, 3.05) is 20.7 Å². The molecule has 0 aliphatic carbocycles. The van der Waals surface area contributed by atoms with Crippen LogP contribution in [0.4, 0.5) is 4.39 Å². The number of nitrogens with one attached hydrogen (secondary N) is 1. The fourth-order valence-electron chi connectivity index (χ4n) is 2.37. The van der Waals surface area contributed by atoms with Gasteiger partial charge in [-0.15, -0.1) is 0 Å². The van der Waals surface area contributed by atoms with Gasteiger partial charge in [-0.2, -0.15) is 4.39 Å². The molecule has 1 N–H and O–H groups in total. The summed E-state index contributed by atoms with van der Waals surface area (Å²) in [5.74, 6) is -0.758. The molecule has 0 saturated heterocycles. The number of hydrogen-bond acceptors (Lipinski definition) is 7. The van der Waals surface area contributed by atoms with Crippen molar-refractivity contribution >= 4 is 5.91 Å². The van der Waals surface area contributed by atoms with Crippen LogP contribution >= 0.6 is 0 Å². The SMILES string of the molecule is [2H]C([2H])([2H])Oc1ccc(-c2cncc(C(=O)NCCc3cc(OC)cnc3F)n2)cn1. The fraction of sp³-hybridized carbons (Fsp3) is 0.211. The van der Waals surface area contributed by atoms with Gasteiger partial charge in [-0.3, -0.25) is 9.78 Å². The third-order valence-electron chi connectivity index (χ3n) is 3.81. The van der Waals surface area contributed by atoms with Crippen molar-refractivity contribution in [1.82, 2.24) is 25.3 Å². The number of rotatable bonds is 7. The predicted octanol–water partition coefficient (Wildman–Crippen LogP) is 2.06. The monoisotopic (exact) mass is 386 g/mol. The van der Waals surface area contributed by atoms with E-state index in [-0.39, 0.29) is 24.5 Å². The first-order valence-corrected chi connectivity index (χ1v) is 8.19. The molecule has 3 heterocycles. The standard InChI is InChI=1S/C19H18FN5O3/c1-27-14-7-12(18(20)24-9-14)5-6-22-19(26)16-11-21-10-15(25-16)13-3-4-17(28-2)23-8-13/h3-4,7-11H,5-6H2,1-2H3,(H,22,26)/i2D3. The summed E-state index contributed by atoms with van der Waals surface area (Å²) in [5, 5.41) is 2.65. The number of carbonyl (C=O) groups excluding carboxylic acids is 1. The van der Waals surface area contributed by atoms with Crippen LogP contribution in [-0.2, 0) is 6.42 Å². The van der Waals surface area contributed by atoms with Gasteiger partial charge in [0.05, 0.1) is 42.5 Å². The van der Waals surface area contributed by atoms with Gasteiger partial charge in [0.25, 0.3) is 5.91 Å². The van der Waals surface area contributed by atoms with Crippen molar-refractivity contribution < 1.29 is 22.8 Å². The van der Waals surface area contributed by atoms with Gasteiger partial charge in [0.1, 0.15) is 11.4 Å². The normalized spacial score (nSPS) is 12.4. The molecular formula is C19H18FN5O3. The Morgan fingerprint density at radius 3 is 2.86 bits per heavy atom. The maximum atomic E-state index is 13.8. The van der Waals surface area contributed by atoms with Gasteiger partial charge in [-0.25, -0.2) is 15.0 Å². The Balaban J connectivity index is 1.64. The zero-order valence-electron chi connectivity index (χ0n) is 17.8. The molecule has 0 saturated carbocycles. The van der Waals surface area contributed by atoms with Gasteiger partial charge in [0.2, 0.25) is 11.8 Å². The van der Waals surface area contributed by atoms with E-state index in [2.05, 4.69) is 25.3 Å². The maximum absolute atomic E-state index is 13.8. The van der Waals surface area contributed by atoms with Crippen LogP contribution in [0.1, 0.15) is 20.2 Å². The van der Waals surface area contributed by atoms with Gasteiger partial charge in [0, 0.05) is 29.9 Å². The largest absolute Gasteiger partial charge is 0.495 e. The second-order valence-electron chi connectivity index (χ2n) is 5.61. The number of halogens is 1. The molecule has 144 valence electrons. The Morgan fingerprint density at radius 1 is 1.21 bits per heavy atom. The zero-order chi connectivity index (χ0) is 22.4. The van der Waals surface area contributed by atoms with E-state index in [0.29, 0.717) is 22.6 Å². The van der Waals surface area contributed by atoms with Crippen molar-refractivity contribution in [1.29, 1.82) is 0 Å². The molecule has 0 aliphatic rings. The molecule has 1 amide bonds. The Kier molecular flexibility index (Phi) is 4.88. The number of ether oxygens (including phenoxy) is 2. The summed E-state index contributed by atoms with van der Waals surface area (Å²) in [6.45, 7) is 0.152. The summed E-state index contributed by atoms with van der Waals surface area (Å²) < 4.78 is 44.7. The highest BCUT2D eigenvalue weighted by molar-refractivity contribution is 5.92. The molecule has 9 heteroatoms. The van der Waals surface area contributed by atoms with Gasteiger partial charge in [-0.05, 0) is 18.6 Å². The third kappa shape index (κ3) is 4.56. The van der Waals surface area contributed by atoms with E-state index in [4.69, 9.17) is 13.6 Å². The number of nitrogens with zero attached hydrogens (tertiary/aromatic N) is 4. The van der Waals surface area contributed by atoms with Crippen LogP contribution in [0.25, 0.3) is 11.3 Å². The van der Waals surface area contributed by atoms with Crippen LogP contribution in [0.2, 0.25) is 0 Å². The topological polar surface area (TPSA) is 99.1 Å². The summed E-state index contributed by atoms with van der Waals surface area (Å²) in [6, 6.07) is 4.45. The molecule has 3 aromatic heterocycles. The minimum atomic E-state index is -2.60. The van der Waals surface area contributed by atoms with Crippen LogP contribution < -0.4 is 14.8 Å².